The maximum atomic E-state index is 5.44. The number of hydrogen-bond acceptors (Lipinski definition) is 2. The second kappa shape index (κ2) is 5.08. The van der Waals surface area contributed by atoms with Crippen molar-refractivity contribution in [3.8, 4) is 5.75 Å². The monoisotopic (exact) mass is 283 g/mol. The molecule has 0 bridgehead atoms. The molecule has 3 aliphatic rings. The van der Waals surface area contributed by atoms with E-state index >= 15 is 0 Å². The van der Waals surface area contributed by atoms with Gasteiger partial charge >= 0.3 is 0 Å². The largest absolute Gasteiger partial charge is 0.497 e. The van der Waals surface area contributed by atoms with Crippen LogP contribution < -0.4 is 10.1 Å². The van der Waals surface area contributed by atoms with E-state index in [1.807, 2.05) is 0 Å². The van der Waals surface area contributed by atoms with E-state index in [0.29, 0.717) is 0 Å². The van der Waals surface area contributed by atoms with Gasteiger partial charge in [0, 0.05) is 17.3 Å². The van der Waals surface area contributed by atoms with Gasteiger partial charge in [0.15, 0.2) is 0 Å². The molecule has 1 heterocycles. The van der Waals surface area contributed by atoms with E-state index in [9.17, 15) is 0 Å². The number of methoxy groups -OCH3 is 1. The molecule has 0 amide bonds. The van der Waals surface area contributed by atoms with Crippen LogP contribution >= 0.6 is 0 Å². The SMILES string of the molecule is COc1ccc2c(c1)NC1(CCCCC1)C1=C2CCCC1. The molecule has 0 saturated heterocycles. The third-order valence-electron chi connectivity index (χ3n) is 5.68. The summed E-state index contributed by atoms with van der Waals surface area (Å²) in [4.78, 5) is 0. The minimum absolute atomic E-state index is 0.257. The number of rotatable bonds is 1. The second-order valence-electron chi connectivity index (χ2n) is 6.84. The average molecular weight is 283 g/mol. The molecule has 2 aliphatic carbocycles. The van der Waals surface area contributed by atoms with Gasteiger partial charge in [0.05, 0.1) is 12.6 Å². The highest BCUT2D eigenvalue weighted by Gasteiger charge is 2.41. The van der Waals surface area contributed by atoms with Crippen LogP contribution in [0.2, 0.25) is 0 Å². The Balaban J connectivity index is 1.85. The van der Waals surface area contributed by atoms with Gasteiger partial charge in [-0.3, -0.25) is 0 Å². The second-order valence-corrected chi connectivity index (χ2v) is 6.84. The first-order valence-corrected chi connectivity index (χ1v) is 8.51. The van der Waals surface area contributed by atoms with Gasteiger partial charge < -0.3 is 10.1 Å². The number of benzene rings is 1. The predicted octanol–water partition coefficient (Wildman–Crippen LogP) is 5.15. The summed E-state index contributed by atoms with van der Waals surface area (Å²) in [5.41, 5.74) is 6.39. The zero-order valence-corrected chi connectivity index (χ0v) is 13.0. The first-order valence-electron chi connectivity index (χ1n) is 8.51. The van der Waals surface area contributed by atoms with Crippen molar-refractivity contribution in [3.05, 3.63) is 29.3 Å². The molecular weight excluding hydrogens is 258 g/mol. The number of allylic oxidation sites excluding steroid dienone is 1. The summed E-state index contributed by atoms with van der Waals surface area (Å²) in [6.07, 6.45) is 12.0. The van der Waals surface area contributed by atoms with Crippen LogP contribution in [-0.2, 0) is 0 Å². The van der Waals surface area contributed by atoms with Gasteiger partial charge in [-0.15, -0.1) is 0 Å². The van der Waals surface area contributed by atoms with Crippen LogP contribution in [0.15, 0.2) is 23.8 Å². The lowest BCUT2D eigenvalue weighted by molar-refractivity contribution is 0.353. The number of nitrogens with one attached hydrogen (secondary N) is 1. The summed E-state index contributed by atoms with van der Waals surface area (Å²) >= 11 is 0. The van der Waals surface area contributed by atoms with Crippen LogP contribution in [0.4, 0.5) is 5.69 Å². The molecule has 112 valence electrons. The number of ether oxygens (including phenoxy) is 1. The van der Waals surface area contributed by atoms with E-state index < -0.39 is 0 Å². The van der Waals surface area contributed by atoms with Crippen LogP contribution in [0.1, 0.15) is 63.4 Å². The standard InChI is InChI=1S/C19H25NO/c1-21-14-9-10-16-15-7-3-4-8-17(15)19(20-18(16)13-14)11-5-2-6-12-19/h9-10,13,20H,2-8,11-12H2,1H3. The lowest BCUT2D eigenvalue weighted by Crippen LogP contribution is -2.45. The van der Waals surface area contributed by atoms with Crippen molar-refractivity contribution in [2.75, 3.05) is 12.4 Å². The van der Waals surface area contributed by atoms with Gasteiger partial charge in [0.25, 0.3) is 0 Å². The van der Waals surface area contributed by atoms with Crippen LogP contribution in [0, 0.1) is 0 Å². The van der Waals surface area contributed by atoms with Gasteiger partial charge in [0.1, 0.15) is 5.75 Å². The normalized spacial score (nSPS) is 23.3. The molecule has 2 heteroatoms. The Labute approximate surface area is 127 Å². The summed E-state index contributed by atoms with van der Waals surface area (Å²) in [6.45, 7) is 0. The lowest BCUT2D eigenvalue weighted by Gasteiger charge is -2.47. The highest BCUT2D eigenvalue weighted by molar-refractivity contribution is 5.85. The Morgan fingerprint density at radius 1 is 1.00 bits per heavy atom. The van der Waals surface area contributed by atoms with Crippen molar-refractivity contribution in [2.45, 2.75) is 63.3 Å². The summed E-state index contributed by atoms with van der Waals surface area (Å²) in [7, 11) is 1.76. The quantitative estimate of drug-likeness (QED) is 0.769. The van der Waals surface area contributed by atoms with Gasteiger partial charge in [-0.05, 0) is 61.8 Å². The molecule has 0 radical (unpaired) electrons. The van der Waals surface area contributed by atoms with E-state index in [-0.39, 0.29) is 5.54 Å². The first-order chi connectivity index (χ1) is 10.3. The van der Waals surface area contributed by atoms with Crippen molar-refractivity contribution in [2.24, 2.45) is 0 Å². The number of fused-ring (bicyclic) bond motifs is 3. The molecule has 1 fully saturated rings. The minimum Gasteiger partial charge on any atom is -0.497 e. The molecule has 1 aromatic carbocycles. The van der Waals surface area contributed by atoms with E-state index in [0.717, 1.165) is 5.75 Å². The molecule has 1 spiro atoms. The molecule has 1 aromatic rings. The van der Waals surface area contributed by atoms with Crippen LogP contribution in [-0.4, -0.2) is 12.6 Å². The molecule has 2 nitrogen and oxygen atoms in total. The topological polar surface area (TPSA) is 21.3 Å². The highest BCUT2D eigenvalue weighted by Crippen LogP contribution is 2.51. The number of hydrogen-bond donors (Lipinski definition) is 1. The van der Waals surface area contributed by atoms with E-state index in [2.05, 4.69) is 23.5 Å². The van der Waals surface area contributed by atoms with Gasteiger partial charge in [0.2, 0.25) is 0 Å². The van der Waals surface area contributed by atoms with Crippen molar-refractivity contribution < 1.29 is 4.74 Å². The number of anilines is 1. The third-order valence-corrected chi connectivity index (χ3v) is 5.68. The van der Waals surface area contributed by atoms with Crippen LogP contribution in [0.5, 0.6) is 5.75 Å². The Kier molecular flexibility index (Phi) is 3.20. The predicted molar refractivity (Wildman–Crippen MR) is 87.8 cm³/mol. The zero-order valence-electron chi connectivity index (χ0n) is 13.0. The molecule has 1 saturated carbocycles. The molecule has 0 aromatic heterocycles. The Bertz CT molecular complexity index is 581. The fourth-order valence-electron chi connectivity index (χ4n) is 4.66. The molecule has 0 unspecified atom stereocenters. The summed E-state index contributed by atoms with van der Waals surface area (Å²) < 4.78 is 5.44. The maximum absolute atomic E-state index is 5.44. The fraction of sp³-hybridized carbons (Fsp3) is 0.579. The molecular formula is C19H25NO. The van der Waals surface area contributed by atoms with Gasteiger partial charge in [-0.25, -0.2) is 0 Å². The lowest BCUT2D eigenvalue weighted by atomic mass is 9.67. The summed E-state index contributed by atoms with van der Waals surface area (Å²) in [5, 5.41) is 3.95. The highest BCUT2D eigenvalue weighted by atomic mass is 16.5. The van der Waals surface area contributed by atoms with E-state index in [4.69, 9.17) is 4.74 Å². The van der Waals surface area contributed by atoms with Crippen LogP contribution in [0.3, 0.4) is 0 Å². The Hall–Kier alpha value is -1.44. The van der Waals surface area contributed by atoms with Crippen molar-refractivity contribution in [1.82, 2.24) is 0 Å². The van der Waals surface area contributed by atoms with Crippen LogP contribution in [0.25, 0.3) is 5.57 Å². The molecule has 21 heavy (non-hydrogen) atoms. The van der Waals surface area contributed by atoms with E-state index in [1.54, 1.807) is 18.3 Å². The maximum Gasteiger partial charge on any atom is 0.120 e. The fourth-order valence-corrected chi connectivity index (χ4v) is 4.66. The zero-order chi connectivity index (χ0) is 14.3. The minimum atomic E-state index is 0.257. The molecule has 1 N–H and O–H groups in total. The summed E-state index contributed by atoms with van der Waals surface area (Å²) in [6, 6.07) is 6.57. The summed E-state index contributed by atoms with van der Waals surface area (Å²) in [5.74, 6) is 0.965. The van der Waals surface area contributed by atoms with Crippen molar-refractivity contribution >= 4 is 11.3 Å². The van der Waals surface area contributed by atoms with Crippen molar-refractivity contribution in [3.63, 3.8) is 0 Å². The van der Waals surface area contributed by atoms with Gasteiger partial charge in [-0.1, -0.05) is 19.3 Å². The van der Waals surface area contributed by atoms with Gasteiger partial charge in [-0.2, -0.15) is 0 Å². The first kappa shape index (κ1) is 13.2. The Morgan fingerprint density at radius 3 is 2.62 bits per heavy atom. The Morgan fingerprint density at radius 2 is 1.81 bits per heavy atom. The molecule has 4 rings (SSSR count). The third kappa shape index (κ3) is 2.07. The van der Waals surface area contributed by atoms with Crippen molar-refractivity contribution in [1.29, 1.82) is 0 Å². The van der Waals surface area contributed by atoms with E-state index in [1.165, 1.54) is 69.0 Å². The molecule has 1 aliphatic heterocycles. The smallest absolute Gasteiger partial charge is 0.120 e. The molecule has 0 atom stereocenters. The average Bonchev–Trinajstić information content (AvgIpc) is 2.55.